The molecule has 150 heavy (non-hydrogen) atoms. The fourth-order valence-electron chi connectivity index (χ4n) is 22.8. The number of nitrogens with zero attached hydrogens (tertiary/aromatic N) is 12. The van der Waals surface area contributed by atoms with Crippen LogP contribution in [-0.4, -0.2) is 57.3 Å². The van der Waals surface area contributed by atoms with Crippen LogP contribution in [0, 0.1) is 0 Å². The molecule has 0 aliphatic carbocycles. The quantitative estimate of drug-likeness (QED) is 0.0954. The first-order chi connectivity index (χ1) is 74.4. The predicted octanol–water partition coefficient (Wildman–Crippen LogP) is 35.0. The molecular formula is C138H88N12. The molecule has 0 atom stereocenters. The lowest BCUT2D eigenvalue weighted by Crippen LogP contribution is -2.00. The van der Waals surface area contributed by atoms with Crippen molar-refractivity contribution < 1.29 is 0 Å². The minimum absolute atomic E-state index is 0.629. The largest absolute Gasteiger partial charge is 0.309 e. The summed E-state index contributed by atoms with van der Waals surface area (Å²) in [5.41, 5.74) is 35.6. The van der Waals surface area contributed by atoms with Crippen molar-refractivity contribution in [3.63, 3.8) is 0 Å². The lowest BCUT2D eigenvalue weighted by Gasteiger charge is -2.12. The Morgan fingerprint density at radius 3 is 0.593 bits per heavy atom. The highest BCUT2D eigenvalue weighted by atomic mass is 15.1. The lowest BCUT2D eigenvalue weighted by atomic mass is 10.0. The molecule has 0 radical (unpaired) electrons. The second kappa shape index (κ2) is 35.9. The fraction of sp³-hybridized carbons (Fsp3) is 0. The first kappa shape index (κ1) is 86.3. The van der Waals surface area contributed by atoms with Gasteiger partial charge in [-0.05, 0) is 220 Å². The van der Waals surface area contributed by atoms with Crippen molar-refractivity contribution in [1.29, 1.82) is 0 Å². The van der Waals surface area contributed by atoms with Crippen LogP contribution >= 0.6 is 0 Å². The van der Waals surface area contributed by atoms with Crippen molar-refractivity contribution in [1.82, 2.24) is 57.3 Å². The average molecular weight is 1910 g/mol. The second-order valence-electron chi connectivity index (χ2n) is 38.4. The molecule has 12 heteroatoms. The zero-order valence-electron chi connectivity index (χ0n) is 81.2. The van der Waals surface area contributed by atoms with Crippen LogP contribution in [0.15, 0.2) is 534 Å². The topological polar surface area (TPSA) is 107 Å². The molecule has 22 aromatic carbocycles. The van der Waals surface area contributed by atoms with Gasteiger partial charge in [0, 0.05) is 132 Å². The van der Waals surface area contributed by atoms with Crippen molar-refractivity contribution in [2.24, 2.45) is 0 Å². The van der Waals surface area contributed by atoms with E-state index in [2.05, 4.69) is 440 Å². The zero-order valence-corrected chi connectivity index (χ0v) is 81.2. The van der Waals surface area contributed by atoms with E-state index in [-0.39, 0.29) is 0 Å². The highest BCUT2D eigenvalue weighted by Gasteiger charge is 2.26. The van der Waals surface area contributed by atoms with Crippen molar-refractivity contribution >= 4 is 131 Å². The van der Waals surface area contributed by atoms with Gasteiger partial charge < -0.3 is 27.4 Å². The molecule has 0 saturated carbocycles. The van der Waals surface area contributed by atoms with Crippen molar-refractivity contribution in [2.75, 3.05) is 0 Å². The molecule has 0 amide bonds. The Balaban J connectivity index is 0.000000141. The Bertz CT molecular complexity index is 10300. The molecule has 0 spiro atoms. The number of hydrogen-bond acceptors (Lipinski definition) is 6. The van der Waals surface area contributed by atoms with Gasteiger partial charge >= 0.3 is 0 Å². The summed E-state index contributed by atoms with van der Waals surface area (Å²) in [4.78, 5) is 29.8. The first-order valence-corrected chi connectivity index (χ1v) is 50.9. The molecule has 0 saturated heterocycles. The molecular weight excluding hydrogens is 1830 g/mol. The van der Waals surface area contributed by atoms with E-state index in [1.54, 1.807) is 0 Å². The second-order valence-corrected chi connectivity index (χ2v) is 38.4. The Kier molecular flexibility index (Phi) is 20.7. The highest BCUT2D eigenvalue weighted by Crippen LogP contribution is 2.46. The van der Waals surface area contributed by atoms with E-state index in [0.29, 0.717) is 34.9 Å². The van der Waals surface area contributed by atoms with E-state index in [0.717, 1.165) is 106 Å². The number of fused-ring (bicyclic) bond motifs is 18. The summed E-state index contributed by atoms with van der Waals surface area (Å²) in [7, 11) is 0. The Hall–Kier alpha value is -20.3. The molecule has 700 valence electrons. The summed E-state index contributed by atoms with van der Waals surface area (Å²) in [6.45, 7) is 0. The summed E-state index contributed by atoms with van der Waals surface area (Å²) in [5, 5.41) is 14.7. The van der Waals surface area contributed by atoms with Gasteiger partial charge in [0.1, 0.15) is 0 Å². The maximum atomic E-state index is 5.03. The van der Waals surface area contributed by atoms with Gasteiger partial charge in [0.2, 0.25) is 0 Å². The molecule has 0 N–H and O–H groups in total. The SMILES string of the molecule is c1ccc(-c2nc(-c3ccccc3)nc(-c3ccc(-c4ccc(-n5c6ccccc6c6cc(-c7ccc8c(c7)c7cc(-n9c%10ccccc%10c%10ccccc%109)ccc7n8-c7ccccc7)ccc65)cc4)cc3)n2)cc1.c1ccc(-c2nc(-c3ccccc3)nc(-c3cccc(-c4cccc(-n5c6ccccc6c6cc(-c7ccc8c(c7)c7cc(-n9c%10ccccc%10c%10ccccc%109)ccc7n8-c7ccccc7)ccc65)c4)c3)n2)cc1. The van der Waals surface area contributed by atoms with Gasteiger partial charge in [0.15, 0.2) is 34.9 Å². The molecule has 0 unspecified atom stereocenters. The highest BCUT2D eigenvalue weighted by molar-refractivity contribution is 6.18. The third-order valence-electron chi connectivity index (χ3n) is 29.8. The molecule has 8 heterocycles. The smallest absolute Gasteiger partial charge is 0.164 e. The summed E-state index contributed by atoms with van der Waals surface area (Å²) in [6, 6.07) is 191. The Labute approximate surface area is 862 Å². The minimum atomic E-state index is 0.629. The maximum absolute atomic E-state index is 5.03. The van der Waals surface area contributed by atoms with Gasteiger partial charge in [-0.1, -0.05) is 358 Å². The van der Waals surface area contributed by atoms with Crippen LogP contribution < -0.4 is 0 Å². The summed E-state index contributed by atoms with van der Waals surface area (Å²) >= 11 is 0. The van der Waals surface area contributed by atoms with Gasteiger partial charge in [-0.25, -0.2) is 29.9 Å². The van der Waals surface area contributed by atoms with Crippen LogP contribution in [0.4, 0.5) is 0 Å². The standard InChI is InChI=1S/2C69H44N6/c1-4-18-45(19-5-1)67-70-68(46-20-6-2-7-21-46)72-69(71-67)51-24-16-22-47(40-51)48-23-17-27-53(41-48)74-63-33-15-12-30-57(63)58-42-49(34-37-64(58)74)50-35-38-65-59(43-50)60-44-54(36-39-66(60)73(65)52-25-8-3-9-26-52)75-61-31-13-10-28-55(61)56-29-11-14-32-62(56)75;1-4-16-47(17-5-1)67-70-68(48-18-6-2-7-19-48)72-69(71-67)49-30-28-45(29-31-49)46-32-36-53(37-33-46)74-63-27-15-12-24-57(63)58-42-50(34-39-64(58)74)51-35-40-65-59(43-51)60-44-54(38-41-66(60)73(65)52-20-8-3-9-21-52)75-61-25-13-10-22-55(61)56-23-11-14-26-62(56)75/h2*1-44H. The van der Waals surface area contributed by atoms with Gasteiger partial charge in [-0.3, -0.25) is 0 Å². The zero-order chi connectivity index (χ0) is 98.8. The normalized spacial score (nSPS) is 11.7. The molecule has 8 aromatic heterocycles. The molecule has 0 aliphatic heterocycles. The van der Waals surface area contributed by atoms with Gasteiger partial charge in [-0.15, -0.1) is 0 Å². The maximum Gasteiger partial charge on any atom is 0.164 e. The number of para-hydroxylation sites is 8. The number of hydrogen-bond donors (Lipinski definition) is 0. The average Bonchev–Trinajstić information content (AvgIpc) is 1.56. The van der Waals surface area contributed by atoms with Crippen LogP contribution in [0.5, 0.6) is 0 Å². The van der Waals surface area contributed by atoms with Gasteiger partial charge in [0.25, 0.3) is 0 Å². The van der Waals surface area contributed by atoms with Gasteiger partial charge in [-0.2, -0.15) is 0 Å². The van der Waals surface area contributed by atoms with Crippen LogP contribution in [0.2, 0.25) is 0 Å². The predicted molar refractivity (Wildman–Crippen MR) is 620 cm³/mol. The molecule has 30 aromatic rings. The molecule has 30 rings (SSSR count). The summed E-state index contributed by atoms with van der Waals surface area (Å²) in [5.74, 6) is 3.85. The van der Waals surface area contributed by atoms with Crippen molar-refractivity contribution in [2.45, 2.75) is 0 Å². The lowest BCUT2D eigenvalue weighted by molar-refractivity contribution is 1.07. The van der Waals surface area contributed by atoms with Crippen LogP contribution in [0.1, 0.15) is 0 Å². The molecule has 0 fully saturated rings. The molecule has 0 aliphatic rings. The van der Waals surface area contributed by atoms with E-state index < -0.39 is 0 Å². The summed E-state index contributed by atoms with van der Waals surface area (Å²) < 4.78 is 14.4. The third kappa shape index (κ3) is 14.8. The van der Waals surface area contributed by atoms with E-state index in [1.807, 2.05) is 121 Å². The fourth-order valence-corrected chi connectivity index (χ4v) is 22.8. The van der Waals surface area contributed by atoms with Crippen molar-refractivity contribution in [3.8, 4) is 147 Å². The number of rotatable bonds is 16. The Morgan fingerprint density at radius 1 is 0.0933 bits per heavy atom. The van der Waals surface area contributed by atoms with Crippen LogP contribution in [0.3, 0.4) is 0 Å². The molecule has 12 nitrogen and oxygen atoms in total. The monoisotopic (exact) mass is 1910 g/mol. The van der Waals surface area contributed by atoms with E-state index in [9.17, 15) is 0 Å². The number of benzene rings is 22. The van der Waals surface area contributed by atoms with Crippen molar-refractivity contribution in [3.05, 3.63) is 534 Å². The third-order valence-corrected chi connectivity index (χ3v) is 29.8. The van der Waals surface area contributed by atoms with Crippen LogP contribution in [0.25, 0.3) is 278 Å². The van der Waals surface area contributed by atoms with Crippen LogP contribution in [-0.2, 0) is 0 Å². The molecule has 0 bridgehead atoms. The minimum Gasteiger partial charge on any atom is -0.309 e. The summed E-state index contributed by atoms with van der Waals surface area (Å²) in [6.07, 6.45) is 0. The van der Waals surface area contributed by atoms with E-state index in [4.69, 9.17) is 29.9 Å². The Morgan fingerprint density at radius 2 is 0.267 bits per heavy atom. The van der Waals surface area contributed by atoms with Gasteiger partial charge in [0.05, 0.1) is 66.2 Å². The van der Waals surface area contributed by atoms with E-state index in [1.165, 1.54) is 137 Å². The van der Waals surface area contributed by atoms with E-state index >= 15 is 0 Å². The first-order valence-electron chi connectivity index (χ1n) is 50.9. The number of aromatic nitrogens is 12.